The van der Waals surface area contributed by atoms with Gasteiger partial charge in [0.15, 0.2) is 10.4 Å². The fraction of sp³-hybridized carbons (Fsp3) is 0.733. The van der Waals surface area contributed by atoms with E-state index in [1.54, 1.807) is 39.8 Å². The van der Waals surface area contributed by atoms with Crippen molar-refractivity contribution in [2.24, 2.45) is 0 Å². The zero-order valence-electron chi connectivity index (χ0n) is 14.8. The van der Waals surface area contributed by atoms with E-state index < -0.39 is 36.1 Å². The minimum absolute atomic E-state index is 0.355. The molecule has 0 radical (unpaired) electrons. The summed E-state index contributed by atoms with van der Waals surface area (Å²) in [6.45, 7) is 9.52. The summed E-state index contributed by atoms with van der Waals surface area (Å²) in [6, 6.07) is 0. The average molecular weight is 380 g/mol. The maximum atomic E-state index is 13.4. The lowest BCUT2D eigenvalue weighted by Gasteiger charge is -2.35. The van der Waals surface area contributed by atoms with Crippen molar-refractivity contribution in [2.75, 3.05) is 0 Å². The van der Waals surface area contributed by atoms with Gasteiger partial charge in [-0.25, -0.2) is 0 Å². The smallest absolute Gasteiger partial charge is 0.348 e. The second kappa shape index (κ2) is 9.04. The molecular formula is C15H25O7PS. The monoisotopic (exact) mass is 380 g/mol. The van der Waals surface area contributed by atoms with E-state index in [1.807, 2.05) is 0 Å². The lowest BCUT2D eigenvalue weighted by atomic mass is 10.3. The number of carbonyl (C=O) groups is 2. The molecule has 0 unspecified atom stereocenters. The van der Waals surface area contributed by atoms with Gasteiger partial charge in [0.1, 0.15) is 6.10 Å². The number of rotatable bonds is 7. The topological polar surface area (TPSA) is 88.1 Å². The highest BCUT2D eigenvalue weighted by atomic mass is 32.2. The number of ether oxygens (including phenoxy) is 2. The Bertz CT molecular complexity index is 518. The molecule has 1 rings (SSSR count). The summed E-state index contributed by atoms with van der Waals surface area (Å²) < 4.78 is 35.0. The summed E-state index contributed by atoms with van der Waals surface area (Å²) in [5, 5.41) is 0. The summed E-state index contributed by atoms with van der Waals surface area (Å²) in [6.07, 6.45) is 1.63. The molecule has 1 heterocycles. The first-order chi connectivity index (χ1) is 11.0. The molecule has 7 nitrogen and oxygen atoms in total. The Morgan fingerprint density at radius 2 is 1.46 bits per heavy atom. The molecule has 1 aliphatic heterocycles. The van der Waals surface area contributed by atoms with Crippen LogP contribution in [0.25, 0.3) is 0 Å². The minimum atomic E-state index is -3.66. The van der Waals surface area contributed by atoms with Gasteiger partial charge in [-0.15, -0.1) is 0 Å². The highest BCUT2D eigenvalue weighted by Gasteiger charge is 2.47. The third-order valence-corrected chi connectivity index (χ3v) is 7.18. The summed E-state index contributed by atoms with van der Waals surface area (Å²) in [5.74, 6) is -0.979. The maximum Gasteiger partial charge on any atom is 0.348 e. The normalized spacial score (nSPS) is 24.2. The Hall–Kier alpha value is -0.820. The summed E-state index contributed by atoms with van der Waals surface area (Å²) in [5.41, 5.74) is -0.654. The number of thioether (sulfide) groups is 1. The lowest BCUT2D eigenvalue weighted by Crippen LogP contribution is -2.34. The average Bonchev–Trinajstić information content (AvgIpc) is 2.37. The molecule has 0 bridgehead atoms. The van der Waals surface area contributed by atoms with Crippen LogP contribution < -0.4 is 0 Å². The molecule has 138 valence electrons. The third kappa shape index (κ3) is 6.59. The van der Waals surface area contributed by atoms with E-state index in [-0.39, 0.29) is 12.2 Å². The quantitative estimate of drug-likeness (QED) is 0.377. The van der Waals surface area contributed by atoms with Crippen LogP contribution in [0.3, 0.4) is 0 Å². The van der Waals surface area contributed by atoms with E-state index in [1.165, 1.54) is 13.8 Å². The van der Waals surface area contributed by atoms with Gasteiger partial charge < -0.3 is 18.5 Å². The predicted molar refractivity (Wildman–Crippen MR) is 91.7 cm³/mol. The lowest BCUT2D eigenvalue weighted by molar-refractivity contribution is -0.144. The van der Waals surface area contributed by atoms with Crippen LogP contribution in [-0.4, -0.2) is 40.7 Å². The van der Waals surface area contributed by atoms with Crippen molar-refractivity contribution >= 4 is 31.3 Å². The van der Waals surface area contributed by atoms with Crippen molar-refractivity contribution in [3.8, 4) is 0 Å². The Balaban J connectivity index is 3.16. The third-order valence-electron chi connectivity index (χ3n) is 2.62. The van der Waals surface area contributed by atoms with Gasteiger partial charge in [0.25, 0.3) is 0 Å². The highest BCUT2D eigenvalue weighted by molar-refractivity contribution is 8.06. The van der Waals surface area contributed by atoms with Crippen molar-refractivity contribution in [3.63, 3.8) is 0 Å². The van der Waals surface area contributed by atoms with Gasteiger partial charge in [0, 0.05) is 13.8 Å². The van der Waals surface area contributed by atoms with E-state index in [0.717, 1.165) is 11.8 Å². The van der Waals surface area contributed by atoms with E-state index in [2.05, 4.69) is 0 Å². The number of hydrogen-bond acceptors (Lipinski definition) is 8. The molecule has 0 aliphatic carbocycles. The Kier molecular flexibility index (Phi) is 7.99. The Morgan fingerprint density at radius 3 is 1.88 bits per heavy atom. The van der Waals surface area contributed by atoms with Crippen molar-refractivity contribution in [3.05, 3.63) is 12.2 Å². The molecule has 1 aliphatic rings. The van der Waals surface area contributed by atoms with E-state index in [0.29, 0.717) is 0 Å². The van der Waals surface area contributed by atoms with Crippen molar-refractivity contribution in [1.29, 1.82) is 0 Å². The SMILES string of the molecule is CC(=O)O[C@H]1C=C[C@@H](OC(C)=O)S[C@@H]1P(=O)(OC(C)C)OC(C)C. The van der Waals surface area contributed by atoms with Crippen LogP contribution in [0.15, 0.2) is 12.2 Å². The van der Waals surface area contributed by atoms with Gasteiger partial charge in [-0.3, -0.25) is 14.2 Å². The van der Waals surface area contributed by atoms with E-state index in [4.69, 9.17) is 18.5 Å². The van der Waals surface area contributed by atoms with Crippen LogP contribution in [0.5, 0.6) is 0 Å². The van der Waals surface area contributed by atoms with Gasteiger partial charge in [-0.2, -0.15) is 0 Å². The second-order valence-corrected chi connectivity index (χ2v) is 9.46. The van der Waals surface area contributed by atoms with Gasteiger partial charge in [0.2, 0.25) is 0 Å². The molecule has 24 heavy (non-hydrogen) atoms. The first kappa shape index (κ1) is 21.2. The number of hydrogen-bond donors (Lipinski definition) is 0. The number of esters is 2. The van der Waals surface area contributed by atoms with Crippen molar-refractivity contribution in [1.82, 2.24) is 0 Å². The summed E-state index contributed by atoms with van der Waals surface area (Å²) in [4.78, 5) is 21.7. The second-order valence-electron chi connectivity index (χ2n) is 5.81. The molecule has 0 aromatic heterocycles. The summed E-state index contributed by atoms with van der Waals surface area (Å²) >= 11 is 1.08. The van der Waals surface area contributed by atoms with Gasteiger partial charge in [-0.05, 0) is 39.8 Å². The largest absolute Gasteiger partial charge is 0.456 e. The zero-order chi connectivity index (χ0) is 18.5. The molecular weight excluding hydrogens is 355 g/mol. The van der Waals surface area contributed by atoms with Gasteiger partial charge in [0.05, 0.1) is 12.2 Å². The van der Waals surface area contributed by atoms with Gasteiger partial charge in [-0.1, -0.05) is 11.8 Å². The molecule has 3 atom stereocenters. The maximum absolute atomic E-state index is 13.4. The highest BCUT2D eigenvalue weighted by Crippen LogP contribution is 2.62. The first-order valence-electron chi connectivity index (χ1n) is 7.68. The van der Waals surface area contributed by atoms with Crippen LogP contribution in [0.4, 0.5) is 0 Å². The molecule has 0 amide bonds. The summed E-state index contributed by atoms with van der Waals surface area (Å²) in [7, 11) is -3.66. The molecule has 0 aromatic carbocycles. The van der Waals surface area contributed by atoms with Crippen LogP contribution in [0.1, 0.15) is 41.5 Å². The molecule has 0 saturated carbocycles. The van der Waals surface area contributed by atoms with Crippen LogP contribution in [0, 0.1) is 0 Å². The first-order valence-corrected chi connectivity index (χ1v) is 10.2. The molecule has 0 spiro atoms. The Labute approximate surface area is 147 Å². The number of carbonyl (C=O) groups excluding carboxylic acids is 2. The minimum Gasteiger partial charge on any atom is -0.456 e. The van der Waals surface area contributed by atoms with Gasteiger partial charge >= 0.3 is 19.5 Å². The van der Waals surface area contributed by atoms with Crippen molar-refractivity contribution < 1.29 is 32.7 Å². The van der Waals surface area contributed by atoms with E-state index >= 15 is 0 Å². The molecule has 0 N–H and O–H groups in total. The molecule has 0 aromatic rings. The fourth-order valence-corrected chi connectivity index (χ4v) is 6.25. The van der Waals surface area contributed by atoms with Crippen LogP contribution in [0.2, 0.25) is 0 Å². The molecule has 0 fully saturated rings. The zero-order valence-corrected chi connectivity index (χ0v) is 16.5. The predicted octanol–water partition coefficient (Wildman–Crippen LogP) is 3.48. The molecule has 9 heteroatoms. The Morgan fingerprint density at radius 1 is 0.958 bits per heavy atom. The fourth-order valence-electron chi connectivity index (χ4n) is 2.06. The standard InChI is InChI=1S/C15H25O7PS/c1-9(2)21-23(18,22-10(3)4)15-13(19-11(5)16)7-8-14(24-15)20-12(6)17/h7-10,13-15H,1-6H3/t13-,14-,15-/m0/s1. The van der Waals surface area contributed by atoms with E-state index in [9.17, 15) is 14.2 Å². The molecule has 0 saturated heterocycles. The van der Waals surface area contributed by atoms with Crippen LogP contribution >= 0.6 is 19.4 Å². The van der Waals surface area contributed by atoms with Crippen LogP contribution in [-0.2, 0) is 32.7 Å². The van der Waals surface area contributed by atoms with Crippen molar-refractivity contribution in [2.45, 2.75) is 70.3 Å².